The molecule has 23 heavy (non-hydrogen) atoms. The van der Waals surface area contributed by atoms with Crippen molar-refractivity contribution in [3.63, 3.8) is 0 Å². The minimum absolute atomic E-state index is 0.0152. The number of fused-ring (bicyclic) bond motifs is 2. The van der Waals surface area contributed by atoms with Crippen molar-refractivity contribution in [2.75, 3.05) is 6.61 Å². The fourth-order valence-corrected chi connectivity index (χ4v) is 3.49. The number of aliphatic hydroxyl groups excluding tert-OH is 1. The topological polar surface area (TPSA) is 91.5 Å². The van der Waals surface area contributed by atoms with E-state index in [0.717, 1.165) is 0 Å². The van der Waals surface area contributed by atoms with Crippen molar-refractivity contribution >= 4 is 34.4 Å². The van der Waals surface area contributed by atoms with Crippen LogP contribution in [0.2, 0.25) is 10.4 Å². The molecule has 0 amide bonds. The zero-order chi connectivity index (χ0) is 16.4. The summed E-state index contributed by atoms with van der Waals surface area (Å²) >= 11 is 11.9. The van der Waals surface area contributed by atoms with E-state index in [9.17, 15) is 5.11 Å². The van der Waals surface area contributed by atoms with Crippen molar-refractivity contribution < 1.29 is 19.3 Å². The standard InChI is InChI=1S/C13H14Cl2N4O4/c1-13(2)22-7-5(3-20)21-11(8(7)23-13)19-4-16-6-9(14)17-12(15)18-10(6)19/h4-5,7-8,11,20H,3H2,1-2H3/t5-,7+,8+,11-/m0/s1. The maximum absolute atomic E-state index is 9.55. The van der Waals surface area contributed by atoms with Crippen molar-refractivity contribution in [1.82, 2.24) is 19.5 Å². The molecule has 8 nitrogen and oxygen atoms in total. The van der Waals surface area contributed by atoms with E-state index in [0.29, 0.717) is 11.2 Å². The maximum atomic E-state index is 9.55. The smallest absolute Gasteiger partial charge is 0.225 e. The van der Waals surface area contributed by atoms with Crippen LogP contribution in [-0.2, 0) is 14.2 Å². The van der Waals surface area contributed by atoms with E-state index in [2.05, 4.69) is 15.0 Å². The molecule has 0 aromatic carbocycles. The third kappa shape index (κ3) is 2.41. The minimum Gasteiger partial charge on any atom is -0.394 e. The van der Waals surface area contributed by atoms with Crippen LogP contribution in [0.4, 0.5) is 0 Å². The summed E-state index contributed by atoms with van der Waals surface area (Å²) in [6.45, 7) is 3.46. The molecule has 0 aliphatic carbocycles. The molecule has 4 heterocycles. The van der Waals surface area contributed by atoms with E-state index in [1.54, 1.807) is 4.57 Å². The predicted octanol–water partition coefficient (Wildman–Crippen LogP) is 1.54. The van der Waals surface area contributed by atoms with E-state index in [4.69, 9.17) is 37.4 Å². The summed E-state index contributed by atoms with van der Waals surface area (Å²) in [7, 11) is 0. The Morgan fingerprint density at radius 3 is 2.74 bits per heavy atom. The minimum atomic E-state index is -0.758. The van der Waals surface area contributed by atoms with Crippen LogP contribution in [-0.4, -0.2) is 55.3 Å². The van der Waals surface area contributed by atoms with E-state index in [-0.39, 0.29) is 23.1 Å². The number of hydrogen-bond donors (Lipinski definition) is 1. The fraction of sp³-hybridized carbons (Fsp3) is 0.615. The number of aromatic nitrogens is 4. The largest absolute Gasteiger partial charge is 0.394 e. The van der Waals surface area contributed by atoms with Crippen molar-refractivity contribution in [1.29, 1.82) is 0 Å². The highest BCUT2D eigenvalue weighted by Gasteiger charge is 2.55. The summed E-state index contributed by atoms with van der Waals surface area (Å²) in [4.78, 5) is 12.3. The summed E-state index contributed by atoms with van der Waals surface area (Å²) in [6.07, 6.45) is -0.321. The molecule has 10 heteroatoms. The van der Waals surface area contributed by atoms with Gasteiger partial charge in [0.05, 0.1) is 12.9 Å². The van der Waals surface area contributed by atoms with Crippen molar-refractivity contribution in [3.05, 3.63) is 16.8 Å². The number of rotatable bonds is 2. The molecule has 2 aliphatic heterocycles. The molecule has 124 valence electrons. The van der Waals surface area contributed by atoms with Crippen LogP contribution in [0.5, 0.6) is 0 Å². The Kier molecular flexibility index (Phi) is 3.53. The maximum Gasteiger partial charge on any atom is 0.225 e. The van der Waals surface area contributed by atoms with Gasteiger partial charge in [-0.25, -0.2) is 9.97 Å². The molecule has 0 bridgehead atoms. The van der Waals surface area contributed by atoms with Gasteiger partial charge in [0, 0.05) is 0 Å². The molecule has 1 N–H and O–H groups in total. The van der Waals surface area contributed by atoms with Crippen LogP contribution in [0, 0.1) is 0 Å². The second kappa shape index (κ2) is 5.23. The lowest BCUT2D eigenvalue weighted by molar-refractivity contribution is -0.199. The molecule has 4 atom stereocenters. The Balaban J connectivity index is 1.79. The van der Waals surface area contributed by atoms with E-state index in [1.807, 2.05) is 13.8 Å². The Labute approximate surface area is 141 Å². The molecule has 2 aromatic heterocycles. The molecule has 2 aromatic rings. The normalized spacial score (nSPS) is 32.6. The zero-order valence-corrected chi connectivity index (χ0v) is 13.8. The van der Waals surface area contributed by atoms with Gasteiger partial charge in [0.15, 0.2) is 22.8 Å². The van der Waals surface area contributed by atoms with Gasteiger partial charge in [-0.3, -0.25) is 4.57 Å². The molecule has 0 unspecified atom stereocenters. The van der Waals surface area contributed by atoms with Crippen molar-refractivity contribution in [2.24, 2.45) is 0 Å². The number of hydrogen-bond acceptors (Lipinski definition) is 7. The van der Waals surface area contributed by atoms with Crippen LogP contribution in [0.25, 0.3) is 11.2 Å². The number of halogens is 2. The number of nitrogens with zero attached hydrogens (tertiary/aromatic N) is 4. The Morgan fingerprint density at radius 1 is 1.26 bits per heavy atom. The Morgan fingerprint density at radius 2 is 2.00 bits per heavy atom. The highest BCUT2D eigenvalue weighted by Crippen LogP contribution is 2.43. The highest BCUT2D eigenvalue weighted by atomic mass is 35.5. The van der Waals surface area contributed by atoms with E-state index >= 15 is 0 Å². The first kappa shape index (κ1) is 15.5. The Bertz CT molecular complexity index is 768. The van der Waals surface area contributed by atoms with Crippen LogP contribution in [0.15, 0.2) is 6.33 Å². The lowest BCUT2D eigenvalue weighted by Crippen LogP contribution is -2.31. The number of imidazole rings is 1. The fourth-order valence-electron chi connectivity index (χ4n) is 3.07. The third-order valence-corrected chi connectivity index (χ3v) is 4.36. The molecule has 0 saturated carbocycles. The molecule has 2 fully saturated rings. The lowest BCUT2D eigenvalue weighted by Gasteiger charge is -2.24. The molecule has 0 spiro atoms. The van der Waals surface area contributed by atoms with Gasteiger partial charge >= 0.3 is 0 Å². The molecule has 0 radical (unpaired) electrons. The van der Waals surface area contributed by atoms with Gasteiger partial charge in [-0.1, -0.05) is 11.6 Å². The van der Waals surface area contributed by atoms with Crippen molar-refractivity contribution in [2.45, 2.75) is 44.2 Å². The molecule has 2 aliphatic rings. The molecule has 4 rings (SSSR count). The van der Waals surface area contributed by atoms with Gasteiger partial charge in [0.2, 0.25) is 5.28 Å². The Hall–Kier alpha value is -1.03. The second-order valence-electron chi connectivity index (χ2n) is 5.92. The van der Waals surface area contributed by atoms with Crippen LogP contribution < -0.4 is 0 Å². The first-order chi connectivity index (χ1) is 10.9. The van der Waals surface area contributed by atoms with Crippen LogP contribution in [0.3, 0.4) is 0 Å². The van der Waals surface area contributed by atoms with Gasteiger partial charge in [-0.05, 0) is 25.4 Å². The van der Waals surface area contributed by atoms with Gasteiger partial charge in [-0.15, -0.1) is 0 Å². The van der Waals surface area contributed by atoms with Crippen molar-refractivity contribution in [3.8, 4) is 0 Å². The third-order valence-electron chi connectivity index (χ3n) is 3.93. The first-order valence-electron chi connectivity index (χ1n) is 7.07. The van der Waals surface area contributed by atoms with Crippen LogP contribution in [0.1, 0.15) is 20.1 Å². The second-order valence-corrected chi connectivity index (χ2v) is 6.62. The van der Waals surface area contributed by atoms with E-state index < -0.39 is 24.2 Å². The van der Waals surface area contributed by atoms with Gasteiger partial charge < -0.3 is 19.3 Å². The van der Waals surface area contributed by atoms with E-state index in [1.165, 1.54) is 6.33 Å². The first-order valence-corrected chi connectivity index (χ1v) is 7.83. The zero-order valence-electron chi connectivity index (χ0n) is 12.3. The summed E-state index contributed by atoms with van der Waals surface area (Å²) < 4.78 is 19.3. The van der Waals surface area contributed by atoms with Gasteiger partial charge in [0.1, 0.15) is 23.8 Å². The van der Waals surface area contributed by atoms with Crippen LogP contribution >= 0.6 is 23.2 Å². The molecular weight excluding hydrogens is 347 g/mol. The summed E-state index contributed by atoms with van der Waals surface area (Å²) in [5.41, 5.74) is 0.854. The summed E-state index contributed by atoms with van der Waals surface area (Å²) in [5.74, 6) is -0.758. The van der Waals surface area contributed by atoms with Gasteiger partial charge in [0.25, 0.3) is 0 Å². The highest BCUT2D eigenvalue weighted by molar-refractivity contribution is 6.35. The summed E-state index contributed by atoms with van der Waals surface area (Å²) in [5, 5.41) is 9.72. The monoisotopic (exact) mass is 360 g/mol. The lowest BCUT2D eigenvalue weighted by atomic mass is 10.1. The quantitative estimate of drug-likeness (QED) is 0.641. The molecular formula is C13H14Cl2N4O4. The van der Waals surface area contributed by atoms with Gasteiger partial charge in [-0.2, -0.15) is 4.98 Å². The predicted molar refractivity (Wildman–Crippen MR) is 80.2 cm³/mol. The number of ether oxygens (including phenoxy) is 3. The average molecular weight is 361 g/mol. The SMILES string of the molecule is CC1(C)O[C@@H]2[C@H](O1)[C@H](CO)O[C@@H]2n1cnc2c(Cl)nc(Cl)nc21. The molecule has 2 saturated heterocycles. The average Bonchev–Trinajstić information content (AvgIpc) is 3.09. The number of aliphatic hydroxyl groups is 1. The summed E-state index contributed by atoms with van der Waals surface area (Å²) in [6, 6.07) is 0.